The van der Waals surface area contributed by atoms with Gasteiger partial charge < -0.3 is 41.5 Å². The van der Waals surface area contributed by atoms with Crippen LogP contribution in [0.1, 0.15) is 20.8 Å². The molecule has 0 bridgehead atoms. The minimum atomic E-state index is -1.62. The van der Waals surface area contributed by atoms with Gasteiger partial charge in [0.15, 0.2) is 6.29 Å². The molecule has 140 valence electrons. The van der Waals surface area contributed by atoms with Crippen molar-refractivity contribution in [1.29, 1.82) is 0 Å². The number of aliphatic hydroxyl groups is 4. The molecule has 0 radical (unpaired) electrons. The van der Waals surface area contributed by atoms with Gasteiger partial charge in [0, 0.05) is 0 Å². The average molecular weight is 349 g/mol. The zero-order chi connectivity index (χ0) is 18.6. The van der Waals surface area contributed by atoms with Gasteiger partial charge in [-0.05, 0) is 12.8 Å². The number of aliphatic hydroxyl groups excluding tert-OH is 4. The van der Waals surface area contributed by atoms with E-state index in [0.717, 1.165) is 0 Å². The van der Waals surface area contributed by atoms with E-state index >= 15 is 0 Å². The lowest BCUT2D eigenvalue weighted by molar-refractivity contribution is -0.254. The van der Waals surface area contributed by atoms with E-state index < -0.39 is 61.1 Å². The third-order valence-electron chi connectivity index (χ3n) is 3.87. The van der Waals surface area contributed by atoms with Gasteiger partial charge in [-0.25, -0.2) is 0 Å². The number of ether oxygens (including phenoxy) is 1. The first-order chi connectivity index (χ1) is 11.1. The maximum Gasteiger partial charge on any atom is 0.243 e. The molecule has 1 aliphatic heterocycles. The van der Waals surface area contributed by atoms with Crippen molar-refractivity contribution in [3.8, 4) is 0 Å². The van der Waals surface area contributed by atoms with Crippen molar-refractivity contribution in [3.63, 3.8) is 0 Å². The lowest BCUT2D eigenvalue weighted by Gasteiger charge is -2.40. The normalized spacial score (nSPS) is 33.0. The molecule has 24 heavy (non-hydrogen) atoms. The van der Waals surface area contributed by atoms with Crippen LogP contribution in [0.2, 0.25) is 0 Å². The molecule has 10 heteroatoms. The van der Waals surface area contributed by atoms with Crippen molar-refractivity contribution in [1.82, 2.24) is 10.6 Å². The molecule has 0 aromatic heterocycles. The summed E-state index contributed by atoms with van der Waals surface area (Å²) < 4.78 is 4.96. The number of hydrogen-bond acceptors (Lipinski definition) is 8. The highest BCUT2D eigenvalue weighted by atomic mass is 16.6. The van der Waals surface area contributed by atoms with Gasteiger partial charge in [-0.2, -0.15) is 0 Å². The fraction of sp³-hybridized carbons (Fsp3) is 0.857. The van der Waals surface area contributed by atoms with Gasteiger partial charge in [-0.3, -0.25) is 9.59 Å². The third kappa shape index (κ3) is 4.85. The molecule has 1 saturated heterocycles. The number of hydrogen-bond donors (Lipinski definition) is 7. The number of carbonyl (C=O) groups is 2. The van der Waals surface area contributed by atoms with Crippen LogP contribution in [-0.4, -0.2) is 81.6 Å². The predicted molar refractivity (Wildman–Crippen MR) is 82.3 cm³/mol. The van der Waals surface area contributed by atoms with Crippen LogP contribution in [0, 0.1) is 5.92 Å². The molecule has 7 atom stereocenters. The Bertz CT molecular complexity index is 446. The van der Waals surface area contributed by atoms with E-state index in [-0.39, 0.29) is 5.92 Å². The van der Waals surface area contributed by atoms with Crippen molar-refractivity contribution in [2.45, 2.75) is 63.5 Å². The second-order valence-electron chi connectivity index (χ2n) is 6.28. The summed E-state index contributed by atoms with van der Waals surface area (Å²) in [6.45, 7) is 4.27. The van der Waals surface area contributed by atoms with Crippen LogP contribution in [0.25, 0.3) is 0 Å². The first-order valence-corrected chi connectivity index (χ1v) is 7.77. The number of rotatable bonds is 6. The summed E-state index contributed by atoms with van der Waals surface area (Å²) in [7, 11) is 0. The zero-order valence-corrected chi connectivity index (χ0v) is 13.9. The summed E-state index contributed by atoms with van der Waals surface area (Å²) in [5.41, 5.74) is 5.46. The number of nitrogens with one attached hydrogen (secondary N) is 2. The summed E-state index contributed by atoms with van der Waals surface area (Å²) in [4.78, 5) is 24.1. The van der Waals surface area contributed by atoms with Gasteiger partial charge in [0.1, 0.15) is 30.4 Å². The standard InChI is InChI=1S/C14H27N3O7/c1-5(2)8(16-12(21)6(3)15)13(22)17-9-11(20)10(19)7(4-18)24-14(9)23/h5-11,14,18-20,23H,4,15H2,1-3H3,(H,16,21)(H,17,22)/t6-,7+,8+,9-,10-,11+,14+/m1/s1. The first-order valence-electron chi connectivity index (χ1n) is 7.77. The Morgan fingerprint density at radius 3 is 2.17 bits per heavy atom. The molecule has 0 aliphatic carbocycles. The van der Waals surface area contributed by atoms with E-state index in [1.54, 1.807) is 13.8 Å². The highest BCUT2D eigenvalue weighted by Gasteiger charge is 2.45. The van der Waals surface area contributed by atoms with Crippen LogP contribution in [0.4, 0.5) is 0 Å². The van der Waals surface area contributed by atoms with Gasteiger partial charge in [0.25, 0.3) is 0 Å². The van der Waals surface area contributed by atoms with Gasteiger partial charge >= 0.3 is 0 Å². The Morgan fingerprint density at radius 2 is 1.71 bits per heavy atom. The molecule has 0 aromatic rings. The van der Waals surface area contributed by atoms with Gasteiger partial charge in [-0.1, -0.05) is 13.8 Å². The molecule has 0 unspecified atom stereocenters. The minimum Gasteiger partial charge on any atom is -0.394 e. The lowest BCUT2D eigenvalue weighted by atomic mass is 9.95. The monoisotopic (exact) mass is 349 g/mol. The summed E-state index contributed by atoms with van der Waals surface area (Å²) in [6.07, 6.45) is -5.82. The molecule has 8 N–H and O–H groups in total. The summed E-state index contributed by atoms with van der Waals surface area (Å²) in [6, 6.07) is -3.07. The van der Waals surface area contributed by atoms with Crippen molar-refractivity contribution in [2.75, 3.05) is 6.61 Å². The van der Waals surface area contributed by atoms with E-state index in [4.69, 9.17) is 15.6 Å². The zero-order valence-electron chi connectivity index (χ0n) is 13.9. The molecule has 0 saturated carbocycles. The SMILES string of the molecule is CC(C)[C@H](NC(=O)[C@@H](C)N)C(=O)N[C@@H]1[C@H](O)[C@H](O)[C@H](CO)O[C@@H]1O. The summed E-state index contributed by atoms with van der Waals surface area (Å²) in [5.74, 6) is -1.48. The molecular weight excluding hydrogens is 322 g/mol. The molecule has 1 heterocycles. The second-order valence-corrected chi connectivity index (χ2v) is 6.28. The fourth-order valence-corrected chi connectivity index (χ4v) is 2.33. The number of nitrogens with two attached hydrogens (primary N) is 1. The Balaban J connectivity index is 2.81. The first kappa shape index (κ1) is 20.7. The Kier molecular flexibility index (Phi) is 7.52. The highest BCUT2D eigenvalue weighted by Crippen LogP contribution is 2.20. The maximum absolute atomic E-state index is 12.4. The molecule has 1 rings (SSSR count). The minimum absolute atomic E-state index is 0.290. The predicted octanol–water partition coefficient (Wildman–Crippen LogP) is -3.61. The summed E-state index contributed by atoms with van der Waals surface area (Å²) in [5, 5.41) is 43.6. The van der Waals surface area contributed by atoms with Gasteiger partial charge in [0.2, 0.25) is 11.8 Å². The van der Waals surface area contributed by atoms with Crippen LogP contribution in [0.5, 0.6) is 0 Å². The Labute approximate surface area is 140 Å². The molecule has 1 fully saturated rings. The van der Waals surface area contributed by atoms with Crippen molar-refractivity contribution >= 4 is 11.8 Å². The van der Waals surface area contributed by atoms with E-state index in [1.165, 1.54) is 6.92 Å². The molecule has 1 aliphatic rings. The van der Waals surface area contributed by atoms with Crippen LogP contribution in [0.15, 0.2) is 0 Å². The second kappa shape index (κ2) is 8.70. The van der Waals surface area contributed by atoms with E-state index in [0.29, 0.717) is 0 Å². The Morgan fingerprint density at radius 1 is 1.12 bits per heavy atom. The number of amides is 2. The quantitative estimate of drug-likeness (QED) is 0.257. The topological polar surface area (TPSA) is 174 Å². The highest BCUT2D eigenvalue weighted by molar-refractivity contribution is 5.89. The fourth-order valence-electron chi connectivity index (χ4n) is 2.33. The van der Waals surface area contributed by atoms with Crippen LogP contribution >= 0.6 is 0 Å². The average Bonchev–Trinajstić information content (AvgIpc) is 2.51. The van der Waals surface area contributed by atoms with Crippen LogP contribution in [0.3, 0.4) is 0 Å². The summed E-state index contributed by atoms with van der Waals surface area (Å²) >= 11 is 0. The van der Waals surface area contributed by atoms with Crippen LogP contribution < -0.4 is 16.4 Å². The van der Waals surface area contributed by atoms with E-state index in [1.807, 2.05) is 0 Å². The van der Waals surface area contributed by atoms with Crippen molar-refractivity contribution in [3.05, 3.63) is 0 Å². The van der Waals surface area contributed by atoms with Crippen molar-refractivity contribution < 1.29 is 34.8 Å². The molecule has 0 aromatic carbocycles. The van der Waals surface area contributed by atoms with Crippen LogP contribution in [-0.2, 0) is 14.3 Å². The van der Waals surface area contributed by atoms with E-state index in [9.17, 15) is 24.9 Å². The molecular formula is C14H27N3O7. The maximum atomic E-state index is 12.4. The van der Waals surface area contributed by atoms with Gasteiger partial charge in [-0.15, -0.1) is 0 Å². The lowest BCUT2D eigenvalue weighted by Crippen LogP contribution is -2.66. The molecule has 10 nitrogen and oxygen atoms in total. The van der Waals surface area contributed by atoms with Gasteiger partial charge in [0.05, 0.1) is 12.6 Å². The smallest absolute Gasteiger partial charge is 0.243 e. The van der Waals surface area contributed by atoms with Crippen molar-refractivity contribution in [2.24, 2.45) is 11.7 Å². The number of carbonyl (C=O) groups excluding carboxylic acids is 2. The molecule has 0 spiro atoms. The molecule has 2 amide bonds. The van der Waals surface area contributed by atoms with E-state index in [2.05, 4.69) is 10.6 Å². The Hall–Kier alpha value is -1.30. The third-order valence-corrected chi connectivity index (χ3v) is 3.87. The largest absolute Gasteiger partial charge is 0.394 e.